The molecule has 1 N–H and O–H groups in total. The van der Waals surface area contributed by atoms with E-state index in [0.717, 1.165) is 32.0 Å². The van der Waals surface area contributed by atoms with Crippen molar-refractivity contribution in [1.29, 1.82) is 0 Å². The van der Waals surface area contributed by atoms with Gasteiger partial charge in [-0.3, -0.25) is 4.79 Å². The highest BCUT2D eigenvalue weighted by Gasteiger charge is 2.59. The number of carboxylic acid groups (broad SMARTS) is 1. The molecule has 3 unspecified atom stereocenters. The van der Waals surface area contributed by atoms with Gasteiger partial charge < -0.3 is 9.90 Å². The molecule has 3 atom stereocenters. The minimum Gasteiger partial charge on any atom is -0.481 e. The van der Waals surface area contributed by atoms with Crippen LogP contribution in [0.15, 0.2) is 0 Å². The Labute approximate surface area is 88.9 Å². The zero-order valence-corrected chi connectivity index (χ0v) is 8.69. The van der Waals surface area contributed by atoms with Crippen LogP contribution in [0, 0.1) is 29.1 Å². The first kappa shape index (κ1) is 9.37. The van der Waals surface area contributed by atoms with Gasteiger partial charge in [0, 0.05) is 5.41 Å². The van der Waals surface area contributed by atoms with Crippen LogP contribution in [-0.2, 0) is 9.59 Å². The van der Waals surface area contributed by atoms with E-state index in [9.17, 15) is 14.7 Å². The van der Waals surface area contributed by atoms with E-state index in [1.165, 1.54) is 6.42 Å². The summed E-state index contributed by atoms with van der Waals surface area (Å²) >= 11 is 0. The van der Waals surface area contributed by atoms with Gasteiger partial charge in [0.05, 0.1) is 5.92 Å². The summed E-state index contributed by atoms with van der Waals surface area (Å²) in [6.45, 7) is 0. The van der Waals surface area contributed by atoms with Gasteiger partial charge in [0.15, 0.2) is 0 Å². The summed E-state index contributed by atoms with van der Waals surface area (Å²) in [6, 6.07) is 0. The minimum absolute atomic E-state index is 0.277. The molecule has 0 aromatic carbocycles. The van der Waals surface area contributed by atoms with E-state index in [2.05, 4.69) is 0 Å². The quantitative estimate of drug-likeness (QED) is 0.703. The van der Waals surface area contributed by atoms with Crippen molar-refractivity contribution >= 4 is 12.3 Å². The summed E-state index contributed by atoms with van der Waals surface area (Å²) in [6.07, 6.45) is 5.96. The second kappa shape index (κ2) is 2.83. The van der Waals surface area contributed by atoms with Crippen LogP contribution < -0.4 is 0 Å². The lowest BCUT2D eigenvalue weighted by Gasteiger charge is -2.57. The molecule has 4 saturated carbocycles. The third-order valence-corrected chi connectivity index (χ3v) is 4.87. The molecular formula is C12H16O3. The maximum absolute atomic E-state index is 11.3. The van der Waals surface area contributed by atoms with Crippen molar-refractivity contribution in [3.63, 3.8) is 0 Å². The molecule has 0 aromatic heterocycles. The van der Waals surface area contributed by atoms with E-state index in [0.29, 0.717) is 11.8 Å². The van der Waals surface area contributed by atoms with Gasteiger partial charge in [-0.25, -0.2) is 0 Å². The molecule has 4 bridgehead atoms. The number of aliphatic carboxylic acids is 1. The molecule has 4 fully saturated rings. The third-order valence-electron chi connectivity index (χ3n) is 4.87. The van der Waals surface area contributed by atoms with Gasteiger partial charge >= 0.3 is 5.97 Å². The molecule has 0 spiro atoms. The molecule has 3 nitrogen and oxygen atoms in total. The van der Waals surface area contributed by atoms with E-state index in [1.54, 1.807) is 0 Å². The number of hydrogen-bond acceptors (Lipinski definition) is 2. The molecule has 3 heteroatoms. The lowest BCUT2D eigenvalue weighted by Crippen LogP contribution is -2.56. The first-order valence-corrected chi connectivity index (χ1v) is 5.84. The highest BCUT2D eigenvalue weighted by molar-refractivity contribution is 5.78. The van der Waals surface area contributed by atoms with Crippen molar-refractivity contribution in [2.24, 2.45) is 29.1 Å². The average molecular weight is 208 g/mol. The van der Waals surface area contributed by atoms with E-state index in [-0.39, 0.29) is 11.8 Å². The van der Waals surface area contributed by atoms with Crippen molar-refractivity contribution in [2.45, 2.75) is 32.1 Å². The number of hydrogen-bond donors (Lipinski definition) is 1. The van der Waals surface area contributed by atoms with Crippen molar-refractivity contribution in [2.75, 3.05) is 0 Å². The van der Waals surface area contributed by atoms with Crippen LogP contribution in [-0.4, -0.2) is 17.4 Å². The lowest BCUT2D eigenvalue weighted by molar-refractivity contribution is -0.171. The predicted molar refractivity (Wildman–Crippen MR) is 53.2 cm³/mol. The highest BCUT2D eigenvalue weighted by atomic mass is 16.4. The van der Waals surface area contributed by atoms with Crippen LogP contribution in [0.3, 0.4) is 0 Å². The number of carboxylic acids is 1. The van der Waals surface area contributed by atoms with Crippen LogP contribution >= 0.6 is 0 Å². The molecule has 0 saturated heterocycles. The molecule has 15 heavy (non-hydrogen) atoms. The van der Waals surface area contributed by atoms with Gasteiger partial charge in [-0.1, -0.05) is 0 Å². The van der Waals surface area contributed by atoms with Gasteiger partial charge in [0.25, 0.3) is 0 Å². The SMILES string of the molecule is O=CC12CC3CC(CC(C3)C1C(=O)O)C2. The molecule has 0 amide bonds. The molecule has 0 radical (unpaired) electrons. The molecular weight excluding hydrogens is 192 g/mol. The fourth-order valence-electron chi connectivity index (χ4n) is 4.72. The first-order chi connectivity index (χ1) is 7.14. The predicted octanol–water partition coefficient (Wildman–Crippen LogP) is 1.71. The maximum Gasteiger partial charge on any atom is 0.307 e. The van der Waals surface area contributed by atoms with Crippen LogP contribution in [0.4, 0.5) is 0 Å². The fraction of sp³-hybridized carbons (Fsp3) is 0.833. The van der Waals surface area contributed by atoms with Crippen LogP contribution in [0.1, 0.15) is 32.1 Å². The Kier molecular flexibility index (Phi) is 1.77. The van der Waals surface area contributed by atoms with Crippen molar-refractivity contribution < 1.29 is 14.7 Å². The number of aldehydes is 1. The normalized spacial score (nSPS) is 51.7. The summed E-state index contributed by atoms with van der Waals surface area (Å²) in [5.41, 5.74) is -0.499. The second-order valence-corrected chi connectivity index (χ2v) is 5.77. The van der Waals surface area contributed by atoms with E-state index >= 15 is 0 Å². The third kappa shape index (κ3) is 1.12. The summed E-state index contributed by atoms with van der Waals surface area (Å²) in [5, 5.41) is 9.28. The van der Waals surface area contributed by atoms with E-state index < -0.39 is 11.4 Å². The maximum atomic E-state index is 11.3. The number of rotatable bonds is 2. The van der Waals surface area contributed by atoms with Gasteiger partial charge in [0.1, 0.15) is 6.29 Å². The monoisotopic (exact) mass is 208 g/mol. The Morgan fingerprint density at radius 1 is 1.20 bits per heavy atom. The Morgan fingerprint density at radius 3 is 2.27 bits per heavy atom. The summed E-state index contributed by atoms with van der Waals surface area (Å²) in [7, 11) is 0. The molecule has 4 aliphatic carbocycles. The second-order valence-electron chi connectivity index (χ2n) is 5.77. The largest absolute Gasteiger partial charge is 0.481 e. The van der Waals surface area contributed by atoms with Gasteiger partial charge in [-0.15, -0.1) is 0 Å². The van der Waals surface area contributed by atoms with Crippen molar-refractivity contribution in [3.8, 4) is 0 Å². The van der Waals surface area contributed by atoms with E-state index in [4.69, 9.17) is 0 Å². The number of carbonyl (C=O) groups excluding carboxylic acids is 1. The highest BCUT2D eigenvalue weighted by Crippen LogP contribution is 2.62. The Morgan fingerprint density at radius 2 is 1.80 bits per heavy atom. The van der Waals surface area contributed by atoms with E-state index in [1.807, 2.05) is 0 Å². The van der Waals surface area contributed by atoms with Crippen LogP contribution in [0.2, 0.25) is 0 Å². The molecule has 0 aromatic rings. The van der Waals surface area contributed by atoms with Crippen LogP contribution in [0.5, 0.6) is 0 Å². The summed E-state index contributed by atoms with van der Waals surface area (Å²) in [4.78, 5) is 22.6. The average Bonchev–Trinajstić information content (AvgIpc) is 2.15. The fourth-order valence-corrected chi connectivity index (χ4v) is 4.72. The smallest absolute Gasteiger partial charge is 0.307 e. The standard InChI is InChI=1S/C12H16O3/c13-6-12-4-7-1-8(5-12)3-9(2-7)10(12)11(14)15/h6-10H,1-5H2,(H,14,15). The topological polar surface area (TPSA) is 54.4 Å². The van der Waals surface area contributed by atoms with Gasteiger partial charge in [0.2, 0.25) is 0 Å². The molecule has 0 aliphatic heterocycles. The zero-order chi connectivity index (χ0) is 10.6. The van der Waals surface area contributed by atoms with Gasteiger partial charge in [-0.2, -0.15) is 0 Å². The molecule has 82 valence electrons. The molecule has 4 aliphatic rings. The molecule has 0 heterocycles. The zero-order valence-electron chi connectivity index (χ0n) is 8.69. The van der Waals surface area contributed by atoms with Crippen LogP contribution in [0.25, 0.3) is 0 Å². The Balaban J connectivity index is 2.02. The Hall–Kier alpha value is -0.860. The minimum atomic E-state index is -0.745. The summed E-state index contributed by atoms with van der Waals surface area (Å²) < 4.78 is 0. The molecule has 4 rings (SSSR count). The summed E-state index contributed by atoms with van der Waals surface area (Å²) in [5.74, 6) is 0.402. The first-order valence-electron chi connectivity index (χ1n) is 5.84. The van der Waals surface area contributed by atoms with Gasteiger partial charge in [-0.05, 0) is 49.9 Å². The van der Waals surface area contributed by atoms with Crippen molar-refractivity contribution in [3.05, 3.63) is 0 Å². The van der Waals surface area contributed by atoms with Crippen molar-refractivity contribution in [1.82, 2.24) is 0 Å². The number of carbonyl (C=O) groups is 2. The Bertz CT molecular complexity index is 309. The lowest BCUT2D eigenvalue weighted by atomic mass is 9.45.